The lowest BCUT2D eigenvalue weighted by Gasteiger charge is -2.35. The maximum Gasteiger partial charge on any atom is 0.227 e. The van der Waals surface area contributed by atoms with Gasteiger partial charge in [-0.05, 0) is 6.42 Å². The number of rotatable bonds is 1. The van der Waals surface area contributed by atoms with Crippen molar-refractivity contribution < 1.29 is 9.53 Å². The Morgan fingerprint density at radius 3 is 2.78 bits per heavy atom. The SMILES string of the molecule is CN(C)c1ncc2c(n1)C1(CCN(C(=O)C(C)(C)C)C1)COC2. The predicted octanol–water partition coefficient (Wildman–Crippen LogP) is 1.59. The number of likely N-dealkylation sites (tertiary alicyclic amines) is 1. The van der Waals surface area contributed by atoms with Crippen LogP contribution in [0.25, 0.3) is 0 Å². The first-order valence-corrected chi connectivity index (χ1v) is 8.14. The quantitative estimate of drug-likeness (QED) is 0.787. The molecule has 23 heavy (non-hydrogen) atoms. The largest absolute Gasteiger partial charge is 0.376 e. The van der Waals surface area contributed by atoms with Gasteiger partial charge in [-0.2, -0.15) is 0 Å². The summed E-state index contributed by atoms with van der Waals surface area (Å²) >= 11 is 0. The molecular weight excluding hydrogens is 292 g/mol. The zero-order chi connectivity index (χ0) is 16.8. The molecule has 6 nitrogen and oxygen atoms in total. The van der Waals surface area contributed by atoms with Crippen LogP contribution in [0.1, 0.15) is 38.4 Å². The van der Waals surface area contributed by atoms with Crippen molar-refractivity contribution in [1.82, 2.24) is 14.9 Å². The predicted molar refractivity (Wildman–Crippen MR) is 88.3 cm³/mol. The van der Waals surface area contributed by atoms with Gasteiger partial charge >= 0.3 is 0 Å². The Morgan fingerprint density at radius 2 is 2.13 bits per heavy atom. The summed E-state index contributed by atoms with van der Waals surface area (Å²) in [5.41, 5.74) is 1.56. The van der Waals surface area contributed by atoms with Crippen LogP contribution in [0.2, 0.25) is 0 Å². The normalized spacial score (nSPS) is 24.0. The van der Waals surface area contributed by atoms with E-state index in [1.54, 1.807) is 0 Å². The third-order valence-corrected chi connectivity index (χ3v) is 4.67. The molecule has 3 rings (SSSR count). The highest BCUT2D eigenvalue weighted by Gasteiger charge is 2.47. The zero-order valence-corrected chi connectivity index (χ0v) is 14.7. The Bertz CT molecular complexity index is 624. The first-order valence-electron chi connectivity index (χ1n) is 8.14. The molecule has 2 aliphatic rings. The highest BCUT2D eigenvalue weighted by molar-refractivity contribution is 5.82. The summed E-state index contributed by atoms with van der Waals surface area (Å²) in [5.74, 6) is 0.911. The number of aromatic nitrogens is 2. The van der Waals surface area contributed by atoms with Crippen LogP contribution < -0.4 is 4.90 Å². The lowest BCUT2D eigenvalue weighted by molar-refractivity contribution is -0.138. The fourth-order valence-electron chi connectivity index (χ4n) is 3.43. The second-order valence-electron chi connectivity index (χ2n) is 7.94. The molecule has 0 saturated carbocycles. The van der Waals surface area contributed by atoms with Crippen LogP contribution in [-0.2, 0) is 21.6 Å². The second kappa shape index (κ2) is 5.44. The maximum atomic E-state index is 12.6. The number of carbonyl (C=O) groups excluding carboxylic acids is 1. The topological polar surface area (TPSA) is 58.6 Å². The summed E-state index contributed by atoms with van der Waals surface area (Å²) in [4.78, 5) is 25.7. The molecule has 0 aliphatic carbocycles. The second-order valence-corrected chi connectivity index (χ2v) is 7.94. The van der Waals surface area contributed by atoms with Crippen molar-refractivity contribution in [3.63, 3.8) is 0 Å². The lowest BCUT2D eigenvalue weighted by Crippen LogP contribution is -2.44. The average Bonchev–Trinajstić information content (AvgIpc) is 2.90. The van der Waals surface area contributed by atoms with Gasteiger partial charge in [0.15, 0.2) is 0 Å². The number of hydrogen-bond acceptors (Lipinski definition) is 5. The van der Waals surface area contributed by atoms with Gasteiger partial charge in [-0.1, -0.05) is 20.8 Å². The fraction of sp³-hybridized carbons (Fsp3) is 0.706. The van der Waals surface area contributed by atoms with Crippen molar-refractivity contribution in [3.05, 3.63) is 17.5 Å². The molecule has 0 radical (unpaired) electrons. The van der Waals surface area contributed by atoms with Crippen LogP contribution in [0.3, 0.4) is 0 Å². The fourth-order valence-corrected chi connectivity index (χ4v) is 3.43. The molecule has 0 bridgehead atoms. The Morgan fingerprint density at radius 1 is 1.39 bits per heavy atom. The summed E-state index contributed by atoms with van der Waals surface area (Å²) in [7, 11) is 3.88. The number of hydrogen-bond donors (Lipinski definition) is 0. The zero-order valence-electron chi connectivity index (χ0n) is 14.7. The molecule has 0 aromatic carbocycles. The van der Waals surface area contributed by atoms with E-state index in [4.69, 9.17) is 9.72 Å². The van der Waals surface area contributed by atoms with E-state index < -0.39 is 0 Å². The molecule has 1 amide bonds. The van der Waals surface area contributed by atoms with Crippen molar-refractivity contribution >= 4 is 11.9 Å². The van der Waals surface area contributed by atoms with Gasteiger partial charge in [0.2, 0.25) is 11.9 Å². The van der Waals surface area contributed by atoms with Gasteiger partial charge in [-0.25, -0.2) is 9.97 Å². The van der Waals surface area contributed by atoms with E-state index in [2.05, 4.69) is 4.98 Å². The minimum Gasteiger partial charge on any atom is -0.376 e. The molecule has 0 N–H and O–H groups in total. The smallest absolute Gasteiger partial charge is 0.227 e. The van der Waals surface area contributed by atoms with Gasteiger partial charge in [0, 0.05) is 44.4 Å². The standard InChI is InChI=1S/C17H26N4O2/c1-16(2,3)14(22)21-7-6-17(10-21)11-23-9-12-8-18-15(20(4)5)19-13(12)17/h8H,6-7,9-11H2,1-5H3. The molecule has 1 aromatic heterocycles. The number of fused-ring (bicyclic) bond motifs is 2. The van der Waals surface area contributed by atoms with E-state index in [-0.39, 0.29) is 16.7 Å². The molecule has 1 spiro atoms. The van der Waals surface area contributed by atoms with Gasteiger partial charge in [0.1, 0.15) is 0 Å². The van der Waals surface area contributed by atoms with E-state index in [9.17, 15) is 4.79 Å². The molecule has 126 valence electrons. The van der Waals surface area contributed by atoms with Crippen molar-refractivity contribution in [2.75, 3.05) is 38.7 Å². The lowest BCUT2D eigenvalue weighted by atomic mass is 9.80. The molecule has 1 fully saturated rings. The first kappa shape index (κ1) is 16.2. The van der Waals surface area contributed by atoms with E-state index in [0.29, 0.717) is 25.7 Å². The molecule has 1 aromatic rings. The minimum absolute atomic E-state index is 0.192. The monoisotopic (exact) mass is 318 g/mol. The molecule has 1 atom stereocenters. The van der Waals surface area contributed by atoms with E-state index >= 15 is 0 Å². The molecule has 3 heterocycles. The molecule has 1 unspecified atom stereocenters. The van der Waals surface area contributed by atoms with Crippen molar-refractivity contribution in [2.24, 2.45) is 5.41 Å². The molecule has 2 aliphatic heterocycles. The van der Waals surface area contributed by atoms with Crippen molar-refractivity contribution in [1.29, 1.82) is 0 Å². The summed E-state index contributed by atoms with van der Waals surface area (Å²) in [6.45, 7) is 8.53. The van der Waals surface area contributed by atoms with E-state index in [1.807, 2.05) is 50.9 Å². The third kappa shape index (κ3) is 2.80. The Labute approximate surface area is 137 Å². The van der Waals surface area contributed by atoms with Crippen LogP contribution in [0.4, 0.5) is 5.95 Å². The summed E-state index contributed by atoms with van der Waals surface area (Å²) in [6.07, 6.45) is 2.76. The molecule has 1 saturated heterocycles. The van der Waals surface area contributed by atoms with Crippen LogP contribution in [0.5, 0.6) is 0 Å². The Hall–Kier alpha value is -1.69. The molecular formula is C17H26N4O2. The highest BCUT2D eigenvalue weighted by atomic mass is 16.5. The van der Waals surface area contributed by atoms with E-state index in [0.717, 1.165) is 24.2 Å². The van der Waals surface area contributed by atoms with Gasteiger partial charge in [-0.15, -0.1) is 0 Å². The molecule has 6 heteroatoms. The van der Waals surface area contributed by atoms with E-state index in [1.165, 1.54) is 0 Å². The summed E-state index contributed by atoms with van der Waals surface area (Å²) in [5, 5.41) is 0. The van der Waals surface area contributed by atoms with Crippen LogP contribution in [0.15, 0.2) is 6.20 Å². The number of nitrogens with zero attached hydrogens (tertiary/aromatic N) is 4. The Balaban J connectivity index is 1.94. The summed E-state index contributed by atoms with van der Waals surface area (Å²) < 4.78 is 5.82. The number of ether oxygens (including phenoxy) is 1. The Kier molecular flexibility index (Phi) is 3.83. The third-order valence-electron chi connectivity index (χ3n) is 4.67. The number of amides is 1. The van der Waals surface area contributed by atoms with Gasteiger partial charge in [0.05, 0.1) is 24.3 Å². The summed E-state index contributed by atoms with van der Waals surface area (Å²) in [6, 6.07) is 0. The van der Waals surface area contributed by atoms with Crippen LogP contribution in [0, 0.1) is 5.41 Å². The van der Waals surface area contributed by atoms with Gasteiger partial charge in [-0.3, -0.25) is 4.79 Å². The maximum absolute atomic E-state index is 12.6. The van der Waals surface area contributed by atoms with Gasteiger partial charge < -0.3 is 14.5 Å². The number of anilines is 1. The van der Waals surface area contributed by atoms with Crippen molar-refractivity contribution in [2.45, 2.75) is 39.2 Å². The van der Waals surface area contributed by atoms with Crippen LogP contribution in [-0.4, -0.2) is 54.6 Å². The van der Waals surface area contributed by atoms with Crippen molar-refractivity contribution in [3.8, 4) is 0 Å². The van der Waals surface area contributed by atoms with Gasteiger partial charge in [0.25, 0.3) is 0 Å². The van der Waals surface area contributed by atoms with Crippen LogP contribution >= 0.6 is 0 Å². The average molecular weight is 318 g/mol. The number of carbonyl (C=O) groups is 1. The minimum atomic E-state index is -0.357. The highest BCUT2D eigenvalue weighted by Crippen LogP contribution is 2.40. The first-order chi connectivity index (χ1) is 10.7.